The number of hydrogen-bond donors (Lipinski definition) is 2. The van der Waals surface area contributed by atoms with Gasteiger partial charge in [-0.3, -0.25) is 4.57 Å². The largest absolute Gasteiger partial charge is 0.388 e. The van der Waals surface area contributed by atoms with Gasteiger partial charge in [0.25, 0.3) is 0 Å². The van der Waals surface area contributed by atoms with E-state index in [9.17, 15) is 18.3 Å². The van der Waals surface area contributed by atoms with Crippen LogP contribution in [-0.2, 0) is 14.8 Å². The van der Waals surface area contributed by atoms with Gasteiger partial charge in [0.2, 0.25) is 10.0 Å². The number of aryl methyl sites for hydroxylation is 1. The highest BCUT2D eigenvalue weighted by atomic mass is 32.2. The van der Waals surface area contributed by atoms with Crippen LogP contribution in [-0.4, -0.2) is 65.0 Å². The Hall–Kier alpha value is -1.49. The molecular weight excluding hydrogens is 336 g/mol. The zero-order valence-electron chi connectivity index (χ0n) is 14.1. The summed E-state index contributed by atoms with van der Waals surface area (Å²) >= 11 is 0. The Labute approximate surface area is 140 Å². The highest BCUT2D eigenvalue weighted by Crippen LogP contribution is 2.46. The van der Waals surface area contributed by atoms with Gasteiger partial charge in [-0.2, -0.15) is 9.29 Å². The van der Waals surface area contributed by atoms with E-state index in [0.29, 0.717) is 17.8 Å². The molecule has 2 N–H and O–H groups in total. The van der Waals surface area contributed by atoms with Crippen molar-refractivity contribution in [3.8, 4) is 0 Å². The molecule has 0 spiro atoms. The van der Waals surface area contributed by atoms with Gasteiger partial charge in [-0.1, -0.05) is 6.92 Å². The van der Waals surface area contributed by atoms with Crippen LogP contribution >= 0.6 is 0 Å². The number of aliphatic hydroxyl groups excluding tert-OH is 1. The molecule has 0 radical (unpaired) electrons. The van der Waals surface area contributed by atoms with E-state index in [-0.39, 0.29) is 5.75 Å². The summed E-state index contributed by atoms with van der Waals surface area (Å²) in [4.78, 5) is 16.3. The molecule has 1 aromatic rings. The fourth-order valence-corrected chi connectivity index (χ4v) is 5.41. The summed E-state index contributed by atoms with van der Waals surface area (Å²) < 4.78 is 33.1. The fourth-order valence-electron chi connectivity index (χ4n) is 3.56. The quantitative estimate of drug-likeness (QED) is 0.733. The first-order chi connectivity index (χ1) is 11.2. The van der Waals surface area contributed by atoms with E-state index in [1.165, 1.54) is 11.6 Å². The SMILES string of the molecule is CC[C@@]12CS(=O)(=O)N(C)[C@@H](C1O)[C@H](n1cc(C)c(NC)nc1=O)O2. The van der Waals surface area contributed by atoms with Gasteiger partial charge in [-0.15, -0.1) is 0 Å². The van der Waals surface area contributed by atoms with Crippen molar-refractivity contribution in [1.29, 1.82) is 0 Å². The molecule has 1 unspecified atom stereocenters. The van der Waals surface area contributed by atoms with Gasteiger partial charge in [-0.25, -0.2) is 13.2 Å². The number of rotatable bonds is 3. The van der Waals surface area contributed by atoms with Gasteiger partial charge in [0.1, 0.15) is 17.5 Å². The van der Waals surface area contributed by atoms with Gasteiger partial charge >= 0.3 is 5.69 Å². The van der Waals surface area contributed by atoms with Gasteiger partial charge in [-0.05, 0) is 13.3 Å². The molecule has 2 bridgehead atoms. The summed E-state index contributed by atoms with van der Waals surface area (Å²) in [5, 5.41) is 13.5. The number of fused-ring (bicyclic) bond motifs is 2. The number of anilines is 1. The van der Waals surface area contributed by atoms with E-state index < -0.39 is 39.7 Å². The highest BCUT2D eigenvalue weighted by molar-refractivity contribution is 7.89. The Kier molecular flexibility index (Phi) is 3.98. The fraction of sp³-hybridized carbons (Fsp3) is 0.714. The van der Waals surface area contributed by atoms with Gasteiger partial charge in [0.05, 0.1) is 11.8 Å². The molecule has 4 atom stereocenters. The lowest BCUT2D eigenvalue weighted by Gasteiger charge is -2.38. The molecule has 0 saturated carbocycles. The number of hydrogen-bond acceptors (Lipinski definition) is 7. The van der Waals surface area contributed by atoms with E-state index in [1.807, 2.05) is 0 Å². The lowest BCUT2D eigenvalue weighted by molar-refractivity contribution is -0.0904. The summed E-state index contributed by atoms with van der Waals surface area (Å²) in [5.41, 5.74) is -1.06. The number of sulfonamides is 1. The monoisotopic (exact) mass is 358 g/mol. The van der Waals surface area contributed by atoms with Crippen molar-refractivity contribution < 1.29 is 18.3 Å². The van der Waals surface area contributed by atoms with Crippen LogP contribution in [0.1, 0.15) is 25.1 Å². The third-order valence-corrected chi connectivity index (χ3v) is 7.01. The number of nitrogens with one attached hydrogen (secondary N) is 1. The molecule has 3 heterocycles. The Bertz CT molecular complexity index is 823. The number of aliphatic hydroxyl groups is 1. The van der Waals surface area contributed by atoms with Crippen molar-refractivity contribution in [3.63, 3.8) is 0 Å². The molecule has 2 fully saturated rings. The minimum Gasteiger partial charge on any atom is -0.388 e. The van der Waals surface area contributed by atoms with Gasteiger partial charge < -0.3 is 15.2 Å². The number of ether oxygens (including phenoxy) is 1. The average molecular weight is 358 g/mol. The Balaban J connectivity index is 2.14. The van der Waals surface area contributed by atoms with E-state index in [2.05, 4.69) is 10.3 Å². The third kappa shape index (κ3) is 2.28. The Morgan fingerprint density at radius 1 is 1.54 bits per heavy atom. The predicted octanol–water partition coefficient (Wildman–Crippen LogP) is -0.724. The van der Waals surface area contributed by atoms with Crippen molar-refractivity contribution in [1.82, 2.24) is 13.9 Å². The molecule has 2 aliphatic heterocycles. The van der Waals surface area contributed by atoms with Crippen molar-refractivity contribution in [3.05, 3.63) is 22.2 Å². The molecule has 0 aromatic carbocycles. The topological polar surface area (TPSA) is 114 Å². The number of likely N-dealkylation sites (N-methyl/N-ethyl adjacent to an activating group) is 1. The standard InChI is InChI=1S/C14H22N4O5S/c1-5-14-7-24(21,22)17(4)9(10(14)19)12(23-14)18-6-8(2)11(15-3)16-13(18)20/h6,9-10,12,19H,5,7H2,1-4H3,(H,15,16,20)/t9-,10?,12+,14+/m0/s1. The van der Waals surface area contributed by atoms with E-state index >= 15 is 0 Å². The summed E-state index contributed by atoms with van der Waals surface area (Å²) in [5.74, 6) is 0.139. The molecule has 10 heteroatoms. The van der Waals surface area contributed by atoms with E-state index in [1.54, 1.807) is 27.1 Å². The van der Waals surface area contributed by atoms with Crippen molar-refractivity contribution in [2.75, 3.05) is 25.2 Å². The molecule has 2 saturated heterocycles. The first kappa shape index (κ1) is 17.3. The molecule has 3 rings (SSSR count). The molecule has 0 amide bonds. The molecule has 24 heavy (non-hydrogen) atoms. The molecule has 2 aliphatic rings. The second-order valence-electron chi connectivity index (χ2n) is 6.35. The summed E-state index contributed by atoms with van der Waals surface area (Å²) in [7, 11) is -0.516. The van der Waals surface area contributed by atoms with Crippen LogP contribution in [0.3, 0.4) is 0 Å². The smallest absolute Gasteiger partial charge is 0.351 e. The molecule has 0 aliphatic carbocycles. The zero-order chi connectivity index (χ0) is 17.9. The van der Waals surface area contributed by atoms with Crippen LogP contribution in [0.2, 0.25) is 0 Å². The van der Waals surface area contributed by atoms with Crippen molar-refractivity contribution in [2.45, 2.75) is 44.2 Å². The van der Waals surface area contributed by atoms with Gasteiger partial charge in [0.15, 0.2) is 6.23 Å². The number of aromatic nitrogens is 2. The van der Waals surface area contributed by atoms with Crippen molar-refractivity contribution in [2.24, 2.45) is 0 Å². The van der Waals surface area contributed by atoms with Crippen LogP contribution in [0, 0.1) is 6.92 Å². The first-order valence-corrected chi connectivity index (χ1v) is 9.37. The second-order valence-corrected chi connectivity index (χ2v) is 8.38. The molecule has 1 aromatic heterocycles. The van der Waals surface area contributed by atoms with Crippen molar-refractivity contribution >= 4 is 15.8 Å². The Morgan fingerprint density at radius 3 is 2.79 bits per heavy atom. The van der Waals surface area contributed by atoms with Crippen LogP contribution in [0.25, 0.3) is 0 Å². The zero-order valence-corrected chi connectivity index (χ0v) is 14.9. The van der Waals surface area contributed by atoms with Crippen LogP contribution in [0.4, 0.5) is 5.82 Å². The van der Waals surface area contributed by atoms with E-state index in [0.717, 1.165) is 4.31 Å². The third-order valence-electron chi connectivity index (χ3n) is 5.04. The lowest BCUT2D eigenvalue weighted by Crippen LogP contribution is -2.60. The second kappa shape index (κ2) is 5.51. The number of nitrogens with zero attached hydrogens (tertiary/aromatic N) is 3. The normalized spacial score (nSPS) is 35.1. The van der Waals surface area contributed by atoms with E-state index in [4.69, 9.17) is 4.74 Å². The summed E-state index contributed by atoms with van der Waals surface area (Å²) in [6.45, 7) is 3.54. The predicted molar refractivity (Wildman–Crippen MR) is 87.3 cm³/mol. The summed E-state index contributed by atoms with van der Waals surface area (Å²) in [6, 6.07) is -0.872. The molecular formula is C14H22N4O5S. The Morgan fingerprint density at radius 2 is 2.21 bits per heavy atom. The maximum atomic E-state index is 12.4. The maximum absolute atomic E-state index is 12.4. The van der Waals surface area contributed by atoms with Gasteiger partial charge in [0, 0.05) is 25.9 Å². The minimum absolute atomic E-state index is 0.309. The molecule has 9 nitrogen and oxygen atoms in total. The lowest BCUT2D eigenvalue weighted by atomic mass is 9.93. The minimum atomic E-state index is -3.58. The highest BCUT2D eigenvalue weighted by Gasteiger charge is 2.63. The van der Waals surface area contributed by atoms with Crippen LogP contribution in [0.15, 0.2) is 11.0 Å². The summed E-state index contributed by atoms with van der Waals surface area (Å²) in [6.07, 6.45) is -0.0448. The maximum Gasteiger partial charge on any atom is 0.351 e. The average Bonchev–Trinajstić information content (AvgIpc) is 2.75. The van der Waals surface area contributed by atoms with Crippen LogP contribution < -0.4 is 11.0 Å². The van der Waals surface area contributed by atoms with Crippen LogP contribution in [0.5, 0.6) is 0 Å². The first-order valence-electron chi connectivity index (χ1n) is 7.76. The molecule has 134 valence electrons.